The van der Waals surface area contributed by atoms with Crippen molar-refractivity contribution in [1.82, 2.24) is 0 Å². The first kappa shape index (κ1) is 53.3. The third kappa shape index (κ3) is 12.0. The minimum Gasteiger partial charge on any atom is -0.467 e. The van der Waals surface area contributed by atoms with Gasteiger partial charge in [0.25, 0.3) is 0 Å². The molecular weight excluding hydrogens is 824 g/mol. The van der Waals surface area contributed by atoms with E-state index in [1.165, 1.54) is 35.5 Å². The molecule has 4 aliphatic heterocycles. The fourth-order valence-corrected chi connectivity index (χ4v) is 6.44. The van der Waals surface area contributed by atoms with Gasteiger partial charge in [0.2, 0.25) is 0 Å². The van der Waals surface area contributed by atoms with Crippen molar-refractivity contribution in [2.75, 3.05) is 56.9 Å². The van der Waals surface area contributed by atoms with Crippen molar-refractivity contribution in [2.45, 2.75) is 136 Å². The summed E-state index contributed by atoms with van der Waals surface area (Å²) in [6, 6.07) is 0. The number of methoxy groups -OCH3 is 8. The molecule has 0 aromatic rings. The topological polar surface area (TPSA) is 370 Å². The van der Waals surface area contributed by atoms with Crippen LogP contribution in [0.5, 0.6) is 0 Å². The van der Waals surface area contributed by atoms with Crippen LogP contribution in [0.2, 0.25) is 0 Å². The number of rotatable bonds is 11. The Morgan fingerprint density at radius 3 is 1.35 bits per heavy atom. The average molecular weight is 883 g/mol. The van der Waals surface area contributed by atoms with E-state index in [9.17, 15) is 65.1 Å². The maximum atomic E-state index is 12.1. The summed E-state index contributed by atoms with van der Waals surface area (Å²) in [6.45, 7) is 1.74. The Kier molecular flexibility index (Phi) is 21.4. The van der Waals surface area contributed by atoms with Crippen molar-refractivity contribution in [1.29, 1.82) is 0 Å². The summed E-state index contributed by atoms with van der Waals surface area (Å²) in [5, 5.41) is 88.3. The van der Waals surface area contributed by atoms with E-state index in [1.54, 1.807) is 6.92 Å². The zero-order valence-electron chi connectivity index (χ0n) is 34.3. The van der Waals surface area contributed by atoms with E-state index in [2.05, 4.69) is 18.9 Å². The first-order valence-corrected chi connectivity index (χ1v) is 18.1. The predicted molar refractivity (Wildman–Crippen MR) is 187 cm³/mol. The molecule has 26 nitrogen and oxygen atoms in total. The lowest BCUT2D eigenvalue weighted by Gasteiger charge is -2.45. The Bertz CT molecular complexity index is 1360. The monoisotopic (exact) mass is 882 g/mol. The predicted octanol–water partition coefficient (Wildman–Crippen LogP) is -6.69. The van der Waals surface area contributed by atoms with E-state index in [1.807, 2.05) is 0 Å². The Labute approximate surface area is 343 Å². The third-order valence-corrected chi connectivity index (χ3v) is 9.93. The molecule has 0 aromatic carbocycles. The van der Waals surface area contributed by atoms with E-state index in [4.69, 9.17) is 42.6 Å². The molecule has 4 rings (SSSR count). The quantitative estimate of drug-likeness (QED) is 0.0688. The first-order valence-electron chi connectivity index (χ1n) is 18.1. The van der Waals surface area contributed by atoms with Gasteiger partial charge in [0.1, 0.15) is 61.0 Å². The summed E-state index contributed by atoms with van der Waals surface area (Å²) in [5.74, 6) is -3.23. The number of carbonyl (C=O) groups is 4. The van der Waals surface area contributed by atoms with Crippen molar-refractivity contribution in [3.63, 3.8) is 0 Å². The second-order valence-electron chi connectivity index (χ2n) is 13.4. The SMILES string of the molecule is CCC1(C(=O)OC)C[C@@H](O)[C@H](O)C(OC)O1.COC(=O)C1OC(OC)[C@@H](O)[C@H](O)[C@@H]1OC1O[C@@H](C(=O)OC)[C@H](OC)C(O)C1O.COC(=O)[C@@H]1OC(O)C(O)C(O)[C@H]1OC. The summed E-state index contributed by atoms with van der Waals surface area (Å²) in [5.41, 5.74) is -1.24. The molecule has 4 fully saturated rings. The second-order valence-corrected chi connectivity index (χ2v) is 13.4. The van der Waals surface area contributed by atoms with E-state index in [0.29, 0.717) is 6.42 Å². The summed E-state index contributed by atoms with van der Waals surface area (Å²) >= 11 is 0. The molecule has 60 heavy (non-hydrogen) atoms. The molecule has 0 aromatic heterocycles. The van der Waals surface area contributed by atoms with E-state index >= 15 is 0 Å². The highest BCUT2D eigenvalue weighted by Gasteiger charge is 2.55. The standard InChI is InChI=1S/C16H26O13.C10H18O6.C8H14O7/c1-23-9-5(17)8(20)16(29-11(9)13(21)24-2)27-10-6(18)7(19)15(26-4)28-12(10)14(22)25-3;1-4-10(9(13)15-3)5-6(11)7(12)8(14-2)16-10;1-13-5-3(9)4(10)7(11)15-6(5)8(12)14-2/h5-12,15-20H,1-4H3;6-8,11-12H,4-5H2,1-3H3;3-7,9-11H,1-2H3/t5?,6-,7-,8?,9+,10-,11+,12?,15?,16?;6-,7+,8?,10?;3?,4?,5-,6-,7?/m011/s1. The van der Waals surface area contributed by atoms with Crippen LogP contribution in [-0.2, 0) is 80.8 Å². The molecule has 26 heteroatoms. The van der Waals surface area contributed by atoms with Crippen molar-refractivity contribution < 1.29 is 127 Å². The largest absolute Gasteiger partial charge is 0.467 e. The molecule has 0 amide bonds. The van der Waals surface area contributed by atoms with Gasteiger partial charge in [0.05, 0.1) is 34.5 Å². The van der Waals surface area contributed by atoms with Gasteiger partial charge in [-0.05, 0) is 6.42 Å². The fraction of sp³-hybridized carbons (Fsp3) is 0.882. The third-order valence-electron chi connectivity index (χ3n) is 9.93. The molecule has 10 unspecified atom stereocenters. The maximum Gasteiger partial charge on any atom is 0.338 e. The number of hydrogen-bond donors (Lipinski definition) is 9. The van der Waals surface area contributed by atoms with E-state index < -0.39 is 140 Å². The molecule has 0 saturated carbocycles. The van der Waals surface area contributed by atoms with Crippen LogP contribution >= 0.6 is 0 Å². The fourth-order valence-electron chi connectivity index (χ4n) is 6.44. The lowest BCUT2D eigenvalue weighted by molar-refractivity contribution is -0.349. The van der Waals surface area contributed by atoms with Gasteiger partial charge in [-0.1, -0.05) is 6.92 Å². The van der Waals surface area contributed by atoms with Gasteiger partial charge in [-0.25, -0.2) is 19.2 Å². The van der Waals surface area contributed by atoms with E-state index in [-0.39, 0.29) is 6.42 Å². The minimum atomic E-state index is -1.75. The second kappa shape index (κ2) is 24.1. The molecule has 0 spiro atoms. The smallest absolute Gasteiger partial charge is 0.338 e. The van der Waals surface area contributed by atoms with Gasteiger partial charge >= 0.3 is 23.9 Å². The lowest BCUT2D eigenvalue weighted by atomic mass is 9.88. The van der Waals surface area contributed by atoms with Crippen molar-refractivity contribution >= 4 is 23.9 Å². The number of ether oxygens (including phenoxy) is 13. The summed E-state index contributed by atoms with van der Waals surface area (Å²) in [4.78, 5) is 46.9. The highest BCUT2D eigenvalue weighted by atomic mass is 16.8. The summed E-state index contributed by atoms with van der Waals surface area (Å²) < 4.78 is 64.1. The van der Waals surface area contributed by atoms with Crippen LogP contribution in [0.25, 0.3) is 0 Å². The lowest BCUT2D eigenvalue weighted by Crippen LogP contribution is -2.66. The molecule has 19 atom stereocenters. The van der Waals surface area contributed by atoms with Crippen LogP contribution in [-0.4, -0.2) is 243 Å². The summed E-state index contributed by atoms with van der Waals surface area (Å²) in [7, 11) is 9.50. The molecule has 0 radical (unpaired) electrons. The highest BCUT2D eigenvalue weighted by Crippen LogP contribution is 2.34. The van der Waals surface area contributed by atoms with Gasteiger partial charge in [-0.2, -0.15) is 0 Å². The Balaban J connectivity index is 0.000000338. The highest BCUT2D eigenvalue weighted by molar-refractivity contribution is 5.79. The van der Waals surface area contributed by atoms with Gasteiger partial charge in [0.15, 0.2) is 49.1 Å². The van der Waals surface area contributed by atoms with Gasteiger partial charge in [-0.15, -0.1) is 0 Å². The summed E-state index contributed by atoms with van der Waals surface area (Å²) in [6.07, 6.45) is -25.6. The number of aliphatic hydroxyl groups is 9. The van der Waals surface area contributed by atoms with Crippen LogP contribution in [0.4, 0.5) is 0 Å². The van der Waals surface area contributed by atoms with Crippen LogP contribution in [0.15, 0.2) is 0 Å². The molecule has 4 aliphatic rings. The minimum absolute atomic E-state index is 0.00278. The molecule has 9 N–H and O–H groups in total. The van der Waals surface area contributed by atoms with Crippen LogP contribution < -0.4 is 0 Å². The number of carbonyl (C=O) groups excluding carboxylic acids is 4. The molecule has 4 heterocycles. The normalized spacial score (nSPS) is 41.6. The molecule has 4 saturated heterocycles. The van der Waals surface area contributed by atoms with Gasteiger partial charge in [-0.3, -0.25) is 0 Å². The van der Waals surface area contributed by atoms with Gasteiger partial charge < -0.3 is 108 Å². The average Bonchev–Trinajstić information content (AvgIpc) is 3.25. The zero-order valence-corrected chi connectivity index (χ0v) is 34.3. The van der Waals surface area contributed by atoms with Crippen molar-refractivity contribution in [3.05, 3.63) is 0 Å². The van der Waals surface area contributed by atoms with Gasteiger partial charge in [0, 0.05) is 34.9 Å². The van der Waals surface area contributed by atoms with E-state index in [0.717, 1.165) is 21.3 Å². The molecular formula is C34H58O26. The van der Waals surface area contributed by atoms with Crippen LogP contribution in [0.1, 0.15) is 19.8 Å². The van der Waals surface area contributed by atoms with Crippen molar-refractivity contribution in [2.24, 2.45) is 0 Å². The Hall–Kier alpha value is -2.84. The number of esters is 4. The molecule has 0 bridgehead atoms. The first-order chi connectivity index (χ1) is 28.2. The number of aliphatic hydroxyl groups excluding tert-OH is 9. The number of hydrogen-bond acceptors (Lipinski definition) is 26. The van der Waals surface area contributed by atoms with Crippen LogP contribution in [0, 0.1) is 0 Å². The maximum absolute atomic E-state index is 12.1. The van der Waals surface area contributed by atoms with Crippen molar-refractivity contribution in [3.8, 4) is 0 Å². The molecule has 350 valence electrons. The Morgan fingerprint density at radius 2 is 0.917 bits per heavy atom. The molecule has 0 aliphatic carbocycles. The zero-order chi connectivity index (χ0) is 45.8. The van der Waals surface area contributed by atoms with Crippen LogP contribution in [0.3, 0.4) is 0 Å². The Morgan fingerprint density at radius 1 is 0.500 bits per heavy atom.